The number of carbonyl (C=O) groups excluding carboxylic acids is 1. The van der Waals surface area contributed by atoms with Crippen molar-refractivity contribution < 1.29 is 52.6 Å². The van der Waals surface area contributed by atoms with E-state index in [-0.39, 0.29) is 22.1 Å². The lowest BCUT2D eigenvalue weighted by Crippen LogP contribution is -2.59. The number of aromatic nitrogens is 1. The highest BCUT2D eigenvalue weighted by molar-refractivity contribution is 7.92. The summed E-state index contributed by atoms with van der Waals surface area (Å²) in [6.07, 6.45) is -7.33. The second-order valence-corrected chi connectivity index (χ2v) is 14.1. The molecular formula is C27H36FN3O10S2. The molecule has 43 heavy (non-hydrogen) atoms. The average Bonchev–Trinajstić information content (AvgIpc) is 3.44. The first-order valence-electron chi connectivity index (χ1n) is 13.4. The van der Waals surface area contributed by atoms with Crippen molar-refractivity contribution >= 4 is 27.3 Å². The lowest BCUT2D eigenvalue weighted by atomic mass is 9.85. The molecule has 6 N–H and O–H groups in total. The first-order chi connectivity index (χ1) is 19.9. The second-order valence-electron chi connectivity index (χ2n) is 11.1. The van der Waals surface area contributed by atoms with Crippen molar-refractivity contribution in [3.05, 3.63) is 45.3 Å². The molecule has 6 atom stereocenters. The zero-order chi connectivity index (χ0) is 32.4. The first kappa shape index (κ1) is 34.9. The molecule has 13 nitrogen and oxygen atoms in total. The smallest absolute Gasteiger partial charge is 0.275 e. The number of amides is 1. The maximum atomic E-state index is 15.1. The minimum Gasteiger partial charge on any atom is -0.394 e. The standard InChI is InChI=1S/C27H36FN3O10S2/c1-12(2)15-6-14(8-29)21(28)20(13(3)4)16(15)7-18(33)31-43(38,39)19-9-30-26(42-19)27(5,37)11-40-25-24(36)23(35)22(34)17(10-32)41-25/h6,9,12-13,17,22-25,32,34-37H,7,10-11H2,1-5H3,(H,31,33)/t17-,22-,23+,24-,25-,27?/m1/s1. The lowest BCUT2D eigenvalue weighted by Gasteiger charge is -2.40. The number of halogens is 1. The van der Waals surface area contributed by atoms with E-state index in [0.717, 1.165) is 6.20 Å². The normalized spacial score (nSPS) is 24.1. The van der Waals surface area contributed by atoms with Crippen molar-refractivity contribution in [2.75, 3.05) is 13.2 Å². The number of sulfonamides is 1. The van der Waals surface area contributed by atoms with Gasteiger partial charge in [-0.3, -0.25) is 4.79 Å². The van der Waals surface area contributed by atoms with Gasteiger partial charge in [0.25, 0.3) is 10.0 Å². The molecule has 0 aliphatic carbocycles. The molecular weight excluding hydrogens is 609 g/mol. The molecule has 16 heteroatoms. The molecule has 1 saturated heterocycles. The summed E-state index contributed by atoms with van der Waals surface area (Å²) in [7, 11) is -4.47. The van der Waals surface area contributed by atoms with Crippen LogP contribution in [0.3, 0.4) is 0 Å². The SMILES string of the molecule is CC(C)c1cc(C#N)c(F)c(C(C)C)c1CC(=O)NS(=O)(=O)c1cnc(C(C)(O)CO[C@@H]2O[C@H](CO)[C@@H](O)[C@H](O)[C@H]2O)s1. The van der Waals surface area contributed by atoms with Gasteiger partial charge in [-0.15, -0.1) is 11.3 Å². The molecule has 2 heterocycles. The van der Waals surface area contributed by atoms with Crippen LogP contribution in [0.2, 0.25) is 0 Å². The van der Waals surface area contributed by atoms with Gasteiger partial charge in [0.1, 0.15) is 46.9 Å². The average molecular weight is 646 g/mol. The van der Waals surface area contributed by atoms with Crippen LogP contribution in [0.1, 0.15) is 73.7 Å². The topological polar surface area (TPSA) is 220 Å². The molecule has 0 saturated carbocycles. The summed E-state index contributed by atoms with van der Waals surface area (Å²) < 4.78 is 53.3. The highest BCUT2D eigenvalue weighted by Gasteiger charge is 2.45. The van der Waals surface area contributed by atoms with E-state index in [4.69, 9.17) is 9.47 Å². The Morgan fingerprint density at radius 3 is 2.44 bits per heavy atom. The summed E-state index contributed by atoms with van der Waals surface area (Å²) in [5.74, 6) is -2.30. The van der Waals surface area contributed by atoms with Gasteiger partial charge >= 0.3 is 0 Å². The fourth-order valence-electron chi connectivity index (χ4n) is 4.68. The van der Waals surface area contributed by atoms with E-state index in [1.165, 1.54) is 13.0 Å². The van der Waals surface area contributed by atoms with Crippen LogP contribution in [0.25, 0.3) is 0 Å². The first-order valence-corrected chi connectivity index (χ1v) is 15.7. The molecule has 1 aromatic heterocycles. The minimum absolute atomic E-state index is 0.136. The number of nitrogens with one attached hydrogen (secondary N) is 1. The number of aliphatic hydroxyl groups excluding tert-OH is 4. The van der Waals surface area contributed by atoms with Crippen molar-refractivity contribution in [2.45, 2.75) is 93.4 Å². The Balaban J connectivity index is 1.77. The largest absolute Gasteiger partial charge is 0.394 e. The van der Waals surface area contributed by atoms with E-state index < -0.39 is 87.8 Å². The molecule has 1 fully saturated rings. The van der Waals surface area contributed by atoms with Gasteiger partial charge in [-0.05, 0) is 41.5 Å². The lowest BCUT2D eigenvalue weighted by molar-refractivity contribution is -0.308. The predicted octanol–water partition coefficient (Wildman–Crippen LogP) is 0.472. The van der Waals surface area contributed by atoms with Crippen LogP contribution in [0.5, 0.6) is 0 Å². The van der Waals surface area contributed by atoms with Crippen molar-refractivity contribution in [3.8, 4) is 6.07 Å². The maximum absolute atomic E-state index is 15.1. The number of nitriles is 1. The van der Waals surface area contributed by atoms with Gasteiger partial charge in [0.2, 0.25) is 5.91 Å². The van der Waals surface area contributed by atoms with Gasteiger partial charge in [-0.2, -0.15) is 5.26 Å². The molecule has 238 valence electrons. The fraction of sp³-hybridized carbons (Fsp3) is 0.593. The number of hydrogen-bond acceptors (Lipinski definition) is 13. The van der Waals surface area contributed by atoms with E-state index >= 15 is 4.39 Å². The summed E-state index contributed by atoms with van der Waals surface area (Å²) in [5, 5.41) is 59.4. The Morgan fingerprint density at radius 1 is 1.23 bits per heavy atom. The third kappa shape index (κ3) is 7.56. The molecule has 3 rings (SSSR count). The molecule has 1 aliphatic rings. The van der Waals surface area contributed by atoms with Gasteiger partial charge in [0, 0.05) is 0 Å². The molecule has 2 aromatic rings. The van der Waals surface area contributed by atoms with Gasteiger partial charge < -0.3 is 35.0 Å². The van der Waals surface area contributed by atoms with Crippen LogP contribution >= 0.6 is 11.3 Å². The number of aliphatic hydroxyl groups is 5. The summed E-state index contributed by atoms with van der Waals surface area (Å²) >= 11 is 0.539. The number of hydrogen-bond donors (Lipinski definition) is 6. The van der Waals surface area contributed by atoms with E-state index in [9.17, 15) is 44.0 Å². The molecule has 1 aromatic carbocycles. The summed E-state index contributed by atoms with van der Waals surface area (Å²) in [5.41, 5.74) is -1.09. The molecule has 0 radical (unpaired) electrons. The summed E-state index contributed by atoms with van der Waals surface area (Å²) in [6.45, 7) is 6.98. The van der Waals surface area contributed by atoms with Crippen LogP contribution in [0, 0.1) is 17.1 Å². The summed E-state index contributed by atoms with van der Waals surface area (Å²) in [4.78, 5) is 16.9. The van der Waals surface area contributed by atoms with Crippen molar-refractivity contribution in [1.29, 1.82) is 5.26 Å². The maximum Gasteiger partial charge on any atom is 0.275 e. The quantitative estimate of drug-likeness (QED) is 0.196. The number of ether oxygens (including phenoxy) is 2. The summed E-state index contributed by atoms with van der Waals surface area (Å²) in [6, 6.07) is 3.19. The number of rotatable bonds is 11. The van der Waals surface area contributed by atoms with E-state index in [0.29, 0.717) is 22.5 Å². The number of thiazole rings is 1. The number of nitrogens with zero attached hydrogens (tertiary/aromatic N) is 2. The third-order valence-electron chi connectivity index (χ3n) is 6.94. The molecule has 0 bridgehead atoms. The Labute approximate surface area is 252 Å². The number of benzene rings is 1. The van der Waals surface area contributed by atoms with Crippen LogP contribution in [-0.4, -0.2) is 88.8 Å². The monoisotopic (exact) mass is 645 g/mol. The van der Waals surface area contributed by atoms with E-state index in [1.54, 1.807) is 13.8 Å². The van der Waals surface area contributed by atoms with Crippen LogP contribution in [0.4, 0.5) is 4.39 Å². The Kier molecular flexibility index (Phi) is 11.0. The van der Waals surface area contributed by atoms with Gasteiger partial charge in [0.15, 0.2) is 10.5 Å². The Morgan fingerprint density at radius 2 is 1.88 bits per heavy atom. The third-order valence-corrected chi connectivity index (χ3v) is 10.0. The minimum atomic E-state index is -4.47. The van der Waals surface area contributed by atoms with Crippen molar-refractivity contribution in [1.82, 2.24) is 9.71 Å². The molecule has 1 aliphatic heterocycles. The van der Waals surface area contributed by atoms with Crippen LogP contribution in [-0.2, 0) is 36.3 Å². The van der Waals surface area contributed by atoms with Gasteiger partial charge in [-0.1, -0.05) is 27.7 Å². The zero-order valence-electron chi connectivity index (χ0n) is 24.2. The molecule has 1 amide bonds. The van der Waals surface area contributed by atoms with E-state index in [2.05, 4.69) is 4.98 Å². The predicted molar refractivity (Wildman–Crippen MR) is 150 cm³/mol. The van der Waals surface area contributed by atoms with Crippen molar-refractivity contribution in [2.24, 2.45) is 0 Å². The van der Waals surface area contributed by atoms with Gasteiger partial charge in [-0.25, -0.2) is 22.5 Å². The zero-order valence-corrected chi connectivity index (χ0v) is 25.8. The molecule has 0 spiro atoms. The second kappa shape index (κ2) is 13.6. The Hall–Kier alpha value is -2.59. The highest BCUT2D eigenvalue weighted by atomic mass is 32.2. The van der Waals surface area contributed by atoms with Crippen LogP contribution in [0.15, 0.2) is 16.5 Å². The number of carbonyl (C=O) groups is 1. The van der Waals surface area contributed by atoms with Gasteiger partial charge in [0.05, 0.1) is 31.4 Å². The highest BCUT2D eigenvalue weighted by Crippen LogP contribution is 2.34. The van der Waals surface area contributed by atoms with Crippen LogP contribution < -0.4 is 4.72 Å². The van der Waals surface area contributed by atoms with E-state index in [1.807, 2.05) is 24.6 Å². The Bertz CT molecular complexity index is 1470. The fourth-order valence-corrected chi connectivity index (χ4v) is 6.82. The molecule has 1 unspecified atom stereocenters. The van der Waals surface area contributed by atoms with Crippen molar-refractivity contribution in [3.63, 3.8) is 0 Å².